The highest BCUT2D eigenvalue weighted by atomic mass is 79.9. The normalized spacial score (nSPS) is 16.4. The summed E-state index contributed by atoms with van der Waals surface area (Å²) in [7, 11) is 0. The van der Waals surface area contributed by atoms with Crippen molar-refractivity contribution < 1.29 is 0 Å². The van der Waals surface area contributed by atoms with Crippen LogP contribution in [0.4, 0.5) is 0 Å². The van der Waals surface area contributed by atoms with E-state index in [1.54, 1.807) is 0 Å². The molecular formula is C9H7BrClN3. The number of rotatable bonds is 1. The van der Waals surface area contributed by atoms with Gasteiger partial charge < -0.3 is 4.98 Å². The highest BCUT2D eigenvalue weighted by Gasteiger charge is 2.27. The first kappa shape index (κ1) is 8.68. The fraction of sp³-hybridized carbons (Fsp3) is 0.333. The van der Waals surface area contributed by atoms with Gasteiger partial charge in [-0.25, -0.2) is 9.97 Å². The Morgan fingerprint density at radius 3 is 2.93 bits per heavy atom. The third-order valence-corrected chi connectivity index (χ3v) is 3.30. The lowest BCUT2D eigenvalue weighted by Gasteiger charge is -1.99. The summed E-state index contributed by atoms with van der Waals surface area (Å²) in [6.07, 6.45) is 4.20. The quantitative estimate of drug-likeness (QED) is 0.810. The first-order valence-electron chi connectivity index (χ1n) is 4.45. The number of fused-ring (bicyclic) bond motifs is 1. The molecule has 1 aliphatic rings. The Hall–Kier alpha value is -0.610. The molecule has 2 aromatic rings. The molecule has 72 valence electrons. The molecule has 1 N–H and O–H groups in total. The van der Waals surface area contributed by atoms with Crippen LogP contribution in [0, 0.1) is 0 Å². The zero-order valence-electron chi connectivity index (χ0n) is 7.22. The van der Waals surface area contributed by atoms with Crippen molar-refractivity contribution in [1.82, 2.24) is 15.0 Å². The van der Waals surface area contributed by atoms with Crippen LogP contribution in [0.1, 0.15) is 24.6 Å². The van der Waals surface area contributed by atoms with E-state index in [1.165, 1.54) is 12.8 Å². The Balaban J connectivity index is 2.29. The van der Waals surface area contributed by atoms with Gasteiger partial charge in [0, 0.05) is 16.6 Å². The molecule has 3 rings (SSSR count). The molecular weight excluding hydrogens is 265 g/mol. The van der Waals surface area contributed by atoms with Crippen LogP contribution in [0.25, 0.3) is 11.0 Å². The van der Waals surface area contributed by atoms with Crippen molar-refractivity contribution in [3.05, 3.63) is 21.6 Å². The zero-order chi connectivity index (χ0) is 9.71. The van der Waals surface area contributed by atoms with Crippen molar-refractivity contribution in [3.8, 4) is 0 Å². The lowest BCUT2D eigenvalue weighted by Crippen LogP contribution is -1.93. The van der Waals surface area contributed by atoms with Gasteiger partial charge in [0.2, 0.25) is 0 Å². The topological polar surface area (TPSA) is 41.6 Å². The molecule has 5 heteroatoms. The Morgan fingerprint density at radius 1 is 1.43 bits per heavy atom. The van der Waals surface area contributed by atoms with Gasteiger partial charge in [-0.05, 0) is 28.8 Å². The van der Waals surface area contributed by atoms with Crippen LogP contribution < -0.4 is 0 Å². The number of nitrogens with one attached hydrogen (secondary N) is 1. The zero-order valence-corrected chi connectivity index (χ0v) is 9.56. The molecule has 0 atom stereocenters. The first-order valence-corrected chi connectivity index (χ1v) is 5.63. The Labute approximate surface area is 94.0 Å². The highest BCUT2D eigenvalue weighted by Crippen LogP contribution is 2.39. The smallest absolute Gasteiger partial charge is 0.143 e. The minimum absolute atomic E-state index is 0.527. The van der Waals surface area contributed by atoms with Crippen molar-refractivity contribution in [2.45, 2.75) is 18.8 Å². The summed E-state index contributed by atoms with van der Waals surface area (Å²) >= 11 is 9.48. The molecule has 3 nitrogen and oxygen atoms in total. The van der Waals surface area contributed by atoms with E-state index >= 15 is 0 Å². The maximum Gasteiger partial charge on any atom is 0.143 e. The molecule has 0 saturated heterocycles. The Bertz CT molecular complexity index is 504. The molecule has 0 radical (unpaired) electrons. The minimum Gasteiger partial charge on any atom is -0.345 e. The number of aromatic nitrogens is 3. The van der Waals surface area contributed by atoms with Gasteiger partial charge in [-0.2, -0.15) is 0 Å². The van der Waals surface area contributed by atoms with Crippen LogP contribution in [0.5, 0.6) is 0 Å². The number of halogens is 2. The third-order valence-electron chi connectivity index (χ3n) is 2.40. The summed E-state index contributed by atoms with van der Waals surface area (Å²) in [5, 5.41) is 1.40. The number of hydrogen-bond acceptors (Lipinski definition) is 2. The van der Waals surface area contributed by atoms with Crippen molar-refractivity contribution >= 4 is 38.6 Å². The molecule has 0 spiro atoms. The van der Waals surface area contributed by atoms with Gasteiger partial charge in [-0.15, -0.1) is 0 Å². The predicted molar refractivity (Wildman–Crippen MR) is 58.6 cm³/mol. The van der Waals surface area contributed by atoms with Crippen molar-refractivity contribution in [2.75, 3.05) is 0 Å². The first-order chi connectivity index (χ1) is 6.75. The van der Waals surface area contributed by atoms with Crippen LogP contribution in [0.3, 0.4) is 0 Å². The standard InChI is InChI=1S/C9H7BrClN3/c10-5-3-12-9-6(5)7(11)13-8(14-9)4-1-2-4/h3-4H,1-2H2,(H,12,13,14). The minimum atomic E-state index is 0.527. The molecule has 0 aliphatic heterocycles. The second-order valence-electron chi connectivity index (χ2n) is 3.51. The van der Waals surface area contributed by atoms with E-state index in [4.69, 9.17) is 11.6 Å². The molecule has 1 fully saturated rings. The van der Waals surface area contributed by atoms with Crippen LogP contribution in [-0.2, 0) is 0 Å². The lowest BCUT2D eigenvalue weighted by atomic mass is 10.3. The van der Waals surface area contributed by atoms with Crippen LogP contribution in [-0.4, -0.2) is 15.0 Å². The van der Waals surface area contributed by atoms with E-state index in [0.29, 0.717) is 11.1 Å². The van der Waals surface area contributed by atoms with Crippen molar-refractivity contribution in [2.24, 2.45) is 0 Å². The van der Waals surface area contributed by atoms with E-state index in [9.17, 15) is 0 Å². The van der Waals surface area contributed by atoms with E-state index < -0.39 is 0 Å². The SMILES string of the molecule is Clc1nc(C2CC2)nc2[nH]cc(Br)c12. The fourth-order valence-electron chi connectivity index (χ4n) is 1.49. The van der Waals surface area contributed by atoms with Gasteiger partial charge in [0.1, 0.15) is 16.6 Å². The van der Waals surface area contributed by atoms with Crippen molar-refractivity contribution in [3.63, 3.8) is 0 Å². The molecule has 0 amide bonds. The maximum atomic E-state index is 6.08. The van der Waals surface area contributed by atoms with E-state index in [2.05, 4.69) is 30.9 Å². The average molecular weight is 273 g/mol. The second-order valence-corrected chi connectivity index (χ2v) is 4.72. The molecule has 2 aromatic heterocycles. The van der Waals surface area contributed by atoms with Gasteiger partial charge in [0.05, 0.1) is 5.39 Å². The van der Waals surface area contributed by atoms with Crippen LogP contribution in [0.15, 0.2) is 10.7 Å². The number of nitrogens with zero attached hydrogens (tertiary/aromatic N) is 2. The molecule has 0 aromatic carbocycles. The molecule has 1 saturated carbocycles. The second kappa shape index (κ2) is 2.94. The Morgan fingerprint density at radius 2 is 2.21 bits per heavy atom. The molecule has 0 unspecified atom stereocenters. The summed E-state index contributed by atoms with van der Waals surface area (Å²) in [6.45, 7) is 0. The number of aromatic amines is 1. The Kier molecular flexibility index (Phi) is 1.82. The summed E-state index contributed by atoms with van der Waals surface area (Å²) in [5.41, 5.74) is 0.818. The van der Waals surface area contributed by atoms with Crippen LogP contribution in [0.2, 0.25) is 5.15 Å². The largest absolute Gasteiger partial charge is 0.345 e. The van der Waals surface area contributed by atoms with Gasteiger partial charge in [-0.1, -0.05) is 11.6 Å². The summed E-state index contributed by atoms with van der Waals surface area (Å²) < 4.78 is 0.917. The van der Waals surface area contributed by atoms with Gasteiger partial charge in [0.25, 0.3) is 0 Å². The van der Waals surface area contributed by atoms with E-state index in [-0.39, 0.29) is 0 Å². The number of hydrogen-bond donors (Lipinski definition) is 1. The average Bonchev–Trinajstić information content (AvgIpc) is 2.92. The monoisotopic (exact) mass is 271 g/mol. The highest BCUT2D eigenvalue weighted by molar-refractivity contribution is 9.10. The summed E-state index contributed by atoms with van der Waals surface area (Å²) in [4.78, 5) is 11.8. The maximum absolute atomic E-state index is 6.08. The van der Waals surface area contributed by atoms with Gasteiger partial charge >= 0.3 is 0 Å². The van der Waals surface area contributed by atoms with Crippen LogP contribution >= 0.6 is 27.5 Å². The molecule has 14 heavy (non-hydrogen) atoms. The van der Waals surface area contributed by atoms with E-state index in [0.717, 1.165) is 21.3 Å². The lowest BCUT2D eigenvalue weighted by molar-refractivity contribution is 0.943. The van der Waals surface area contributed by atoms with Gasteiger partial charge in [0.15, 0.2) is 0 Å². The fourth-order valence-corrected chi connectivity index (χ4v) is 2.38. The van der Waals surface area contributed by atoms with E-state index in [1.807, 2.05) is 6.20 Å². The molecule has 0 bridgehead atoms. The van der Waals surface area contributed by atoms with Crippen molar-refractivity contribution in [1.29, 1.82) is 0 Å². The third kappa shape index (κ3) is 1.25. The summed E-state index contributed by atoms with van der Waals surface area (Å²) in [6, 6.07) is 0. The summed E-state index contributed by atoms with van der Waals surface area (Å²) in [5.74, 6) is 1.40. The van der Waals surface area contributed by atoms with Gasteiger partial charge in [-0.3, -0.25) is 0 Å². The molecule has 2 heterocycles. The predicted octanol–water partition coefficient (Wildman–Crippen LogP) is 3.25. The molecule has 1 aliphatic carbocycles. The number of H-pyrrole nitrogens is 1.